The molecule has 0 radical (unpaired) electrons. The fourth-order valence-electron chi connectivity index (χ4n) is 0.770. The number of hydrogen-bond acceptors (Lipinski definition) is 4. The maximum Gasteiger partial charge on any atom is 0.205 e. The Hall–Kier alpha value is -0.900. The summed E-state index contributed by atoms with van der Waals surface area (Å²) in [5.41, 5.74) is 5.19. The highest BCUT2D eigenvalue weighted by Gasteiger charge is 2.06. The van der Waals surface area contributed by atoms with Gasteiger partial charge in [0.2, 0.25) is 8.38 Å². The smallest absolute Gasteiger partial charge is 0.205 e. The van der Waals surface area contributed by atoms with Crippen molar-refractivity contribution in [1.82, 2.24) is 0 Å². The highest BCUT2D eigenvalue weighted by molar-refractivity contribution is 7.44. The maximum absolute atomic E-state index is 12.8. The van der Waals surface area contributed by atoms with Crippen molar-refractivity contribution >= 4 is 14.1 Å². The van der Waals surface area contributed by atoms with E-state index in [1.807, 2.05) is 0 Å². The zero-order chi connectivity index (χ0) is 9.84. The Balaban J connectivity index is 2.71. The first-order valence-corrected chi connectivity index (χ1v) is 4.86. The highest BCUT2D eigenvalue weighted by atomic mass is 31.2. The van der Waals surface area contributed by atoms with Gasteiger partial charge in [0.1, 0.15) is 17.3 Å². The lowest BCUT2D eigenvalue weighted by atomic mass is 10.3. The number of para-hydroxylation sites is 1. The minimum absolute atomic E-state index is 0.121. The second-order valence-corrected chi connectivity index (χ2v) is 3.30. The van der Waals surface area contributed by atoms with Crippen molar-refractivity contribution in [3.8, 4) is 5.75 Å². The summed E-state index contributed by atoms with van der Waals surface area (Å²) in [6, 6.07) is 4.08. The number of benzene rings is 1. The minimum Gasteiger partial charge on any atom is -0.482 e. The van der Waals surface area contributed by atoms with Crippen molar-refractivity contribution in [2.75, 3.05) is 12.1 Å². The molecule has 0 aliphatic heterocycles. The number of ether oxygens (including phenoxy) is 1. The Labute approximate surface area is 75.7 Å². The van der Waals surface area contributed by atoms with Crippen LogP contribution in [0.15, 0.2) is 18.2 Å². The van der Waals surface area contributed by atoms with Crippen molar-refractivity contribution in [1.29, 1.82) is 0 Å². The Morgan fingerprint density at radius 3 is 2.77 bits per heavy atom. The molecule has 0 bridgehead atoms. The third-order valence-corrected chi connectivity index (χ3v) is 1.71. The number of rotatable bonds is 3. The number of anilines is 1. The van der Waals surface area contributed by atoms with E-state index >= 15 is 0 Å². The van der Waals surface area contributed by atoms with Crippen LogP contribution in [0.5, 0.6) is 5.75 Å². The van der Waals surface area contributed by atoms with Crippen LogP contribution in [-0.2, 0) is 0 Å². The standard InChI is InChI=1S/C7H9FNO3P/c8-5-2-1-3-6(7(5)9)12-4-13(10)11/h1-3,10-11H,4,9H2. The molecule has 1 aromatic rings. The van der Waals surface area contributed by atoms with Crippen molar-refractivity contribution in [3.05, 3.63) is 24.0 Å². The predicted molar refractivity (Wildman–Crippen MR) is 47.7 cm³/mol. The molecular formula is C7H9FNO3P. The first-order chi connectivity index (χ1) is 6.11. The molecule has 4 nitrogen and oxygen atoms in total. The summed E-state index contributed by atoms with van der Waals surface area (Å²) in [7, 11) is -2.15. The Morgan fingerprint density at radius 1 is 1.46 bits per heavy atom. The molecule has 0 fully saturated rings. The van der Waals surface area contributed by atoms with Crippen LogP contribution in [0.1, 0.15) is 0 Å². The number of nitrogen functional groups attached to an aromatic ring is 1. The molecule has 0 amide bonds. The van der Waals surface area contributed by atoms with Gasteiger partial charge in [0.25, 0.3) is 0 Å². The fourth-order valence-corrected chi connectivity index (χ4v) is 1.02. The molecule has 1 aromatic carbocycles. The molecule has 0 heterocycles. The molecule has 4 N–H and O–H groups in total. The van der Waals surface area contributed by atoms with Gasteiger partial charge in [-0.25, -0.2) is 4.39 Å². The Kier molecular flexibility index (Phi) is 3.42. The van der Waals surface area contributed by atoms with Gasteiger partial charge in [-0.2, -0.15) is 0 Å². The average Bonchev–Trinajstić information content (AvgIpc) is 2.07. The monoisotopic (exact) mass is 205 g/mol. The van der Waals surface area contributed by atoms with E-state index in [0.29, 0.717) is 0 Å². The third kappa shape index (κ3) is 2.81. The summed E-state index contributed by atoms with van der Waals surface area (Å²) in [4.78, 5) is 17.1. The molecule has 0 saturated carbocycles. The molecule has 0 saturated heterocycles. The zero-order valence-electron chi connectivity index (χ0n) is 6.64. The lowest BCUT2D eigenvalue weighted by Crippen LogP contribution is -2.00. The number of halogens is 1. The molecule has 72 valence electrons. The largest absolute Gasteiger partial charge is 0.482 e. The van der Waals surface area contributed by atoms with Gasteiger partial charge in [-0.15, -0.1) is 0 Å². The van der Waals surface area contributed by atoms with E-state index in [2.05, 4.69) is 0 Å². The third-order valence-electron chi connectivity index (χ3n) is 1.35. The van der Waals surface area contributed by atoms with Gasteiger partial charge in [0, 0.05) is 0 Å². The van der Waals surface area contributed by atoms with E-state index < -0.39 is 14.2 Å². The van der Waals surface area contributed by atoms with Crippen LogP contribution < -0.4 is 10.5 Å². The molecule has 0 spiro atoms. The first kappa shape index (κ1) is 10.2. The lowest BCUT2D eigenvalue weighted by Gasteiger charge is -2.08. The van der Waals surface area contributed by atoms with E-state index in [1.165, 1.54) is 18.2 Å². The molecule has 0 atom stereocenters. The van der Waals surface area contributed by atoms with Crippen LogP contribution in [0.2, 0.25) is 0 Å². The van der Waals surface area contributed by atoms with Crippen molar-refractivity contribution in [2.45, 2.75) is 0 Å². The average molecular weight is 205 g/mol. The van der Waals surface area contributed by atoms with Gasteiger partial charge >= 0.3 is 0 Å². The van der Waals surface area contributed by atoms with E-state index in [0.717, 1.165) is 0 Å². The minimum atomic E-state index is -2.15. The van der Waals surface area contributed by atoms with Crippen LogP contribution in [-0.4, -0.2) is 16.1 Å². The molecule has 1 rings (SSSR count). The van der Waals surface area contributed by atoms with Gasteiger partial charge in [0.15, 0.2) is 6.35 Å². The predicted octanol–water partition coefficient (Wildman–Crippen LogP) is 1.04. The normalized spacial score (nSPS) is 10.5. The van der Waals surface area contributed by atoms with Crippen molar-refractivity contribution in [3.63, 3.8) is 0 Å². The molecular weight excluding hydrogens is 196 g/mol. The van der Waals surface area contributed by atoms with E-state index in [1.54, 1.807) is 0 Å². The topological polar surface area (TPSA) is 75.7 Å². The molecule has 13 heavy (non-hydrogen) atoms. The number of nitrogens with two attached hydrogens (primary N) is 1. The van der Waals surface area contributed by atoms with E-state index in [9.17, 15) is 4.39 Å². The number of hydrogen-bond donors (Lipinski definition) is 3. The maximum atomic E-state index is 12.8. The molecule has 0 aliphatic carbocycles. The zero-order valence-corrected chi connectivity index (χ0v) is 7.54. The Morgan fingerprint density at radius 2 is 2.15 bits per heavy atom. The van der Waals surface area contributed by atoms with Crippen LogP contribution >= 0.6 is 8.38 Å². The van der Waals surface area contributed by atoms with E-state index in [4.69, 9.17) is 20.3 Å². The molecule has 6 heteroatoms. The lowest BCUT2D eigenvalue weighted by molar-refractivity contribution is 0.348. The summed E-state index contributed by atoms with van der Waals surface area (Å²) >= 11 is 0. The molecule has 0 aromatic heterocycles. The summed E-state index contributed by atoms with van der Waals surface area (Å²) in [5, 5.41) is 0. The van der Waals surface area contributed by atoms with Crippen LogP contribution in [0, 0.1) is 5.82 Å². The van der Waals surface area contributed by atoms with Crippen LogP contribution in [0.3, 0.4) is 0 Å². The van der Waals surface area contributed by atoms with Crippen molar-refractivity contribution < 1.29 is 18.9 Å². The van der Waals surface area contributed by atoms with Crippen molar-refractivity contribution in [2.24, 2.45) is 0 Å². The Bertz CT molecular complexity index is 295. The van der Waals surface area contributed by atoms with Gasteiger partial charge in [-0.3, -0.25) is 0 Å². The first-order valence-electron chi connectivity index (χ1n) is 3.43. The summed E-state index contributed by atoms with van der Waals surface area (Å²) in [5.74, 6) is -0.465. The van der Waals surface area contributed by atoms with Gasteiger partial charge in [-0.1, -0.05) is 6.07 Å². The fraction of sp³-hybridized carbons (Fsp3) is 0.143. The molecule has 0 unspecified atom stereocenters. The van der Waals surface area contributed by atoms with Gasteiger partial charge in [0.05, 0.1) is 0 Å². The van der Waals surface area contributed by atoms with Crippen LogP contribution in [0.4, 0.5) is 10.1 Å². The SMILES string of the molecule is Nc1c(F)cccc1OCP(O)O. The second-order valence-electron chi connectivity index (χ2n) is 2.30. The summed E-state index contributed by atoms with van der Waals surface area (Å²) < 4.78 is 17.6. The summed E-state index contributed by atoms with van der Waals surface area (Å²) in [6.07, 6.45) is -0.275. The van der Waals surface area contributed by atoms with E-state index in [-0.39, 0.29) is 17.8 Å². The van der Waals surface area contributed by atoms with Gasteiger partial charge in [-0.05, 0) is 12.1 Å². The quantitative estimate of drug-likeness (QED) is 0.509. The van der Waals surface area contributed by atoms with Crippen LogP contribution in [0.25, 0.3) is 0 Å². The van der Waals surface area contributed by atoms with Gasteiger partial charge < -0.3 is 20.3 Å². The molecule has 0 aliphatic rings. The summed E-state index contributed by atoms with van der Waals surface area (Å²) in [6.45, 7) is 0. The highest BCUT2D eigenvalue weighted by Crippen LogP contribution is 2.28. The second kappa shape index (κ2) is 4.37.